The number of hydrogen-bond donors (Lipinski definition) is 1. The summed E-state index contributed by atoms with van der Waals surface area (Å²) < 4.78 is 2.16. The van der Waals surface area contributed by atoms with Crippen molar-refractivity contribution >= 4 is 16.7 Å². The summed E-state index contributed by atoms with van der Waals surface area (Å²) in [5.41, 5.74) is 11.5. The van der Waals surface area contributed by atoms with Crippen LogP contribution in [0.3, 0.4) is 0 Å². The van der Waals surface area contributed by atoms with Crippen molar-refractivity contribution in [2.24, 2.45) is 7.05 Å². The van der Waals surface area contributed by atoms with E-state index in [1.54, 1.807) is 0 Å². The van der Waals surface area contributed by atoms with Crippen molar-refractivity contribution in [3.63, 3.8) is 0 Å². The first-order valence-corrected chi connectivity index (χ1v) is 6.41. The second kappa shape index (κ2) is 4.43. The first kappa shape index (κ1) is 11.8. The summed E-state index contributed by atoms with van der Waals surface area (Å²) in [4.78, 5) is 4.72. The number of benzene rings is 2. The number of nitrogen functional groups attached to an aromatic ring is 1. The second-order valence-corrected chi connectivity index (χ2v) is 4.91. The number of aryl methyl sites for hydroxylation is 2. The summed E-state index contributed by atoms with van der Waals surface area (Å²) in [6.07, 6.45) is 0.761. The molecular weight excluding hydrogens is 234 g/mol. The molecule has 0 fully saturated rings. The van der Waals surface area contributed by atoms with E-state index in [-0.39, 0.29) is 0 Å². The quantitative estimate of drug-likeness (QED) is 0.711. The summed E-state index contributed by atoms with van der Waals surface area (Å²) in [7, 11) is 2.07. The molecule has 0 saturated heterocycles. The molecule has 0 aliphatic heterocycles. The molecule has 3 aromatic rings. The Morgan fingerprint density at radius 1 is 1.11 bits per heavy atom. The van der Waals surface area contributed by atoms with Gasteiger partial charge in [0.05, 0.1) is 11.0 Å². The van der Waals surface area contributed by atoms with Crippen LogP contribution in [0.2, 0.25) is 0 Å². The zero-order chi connectivity index (χ0) is 13.4. The van der Waals surface area contributed by atoms with Crippen LogP contribution in [-0.4, -0.2) is 9.55 Å². The Morgan fingerprint density at radius 2 is 1.89 bits per heavy atom. The van der Waals surface area contributed by atoms with E-state index in [0.717, 1.165) is 29.0 Å². The van der Waals surface area contributed by atoms with Crippen LogP contribution >= 0.6 is 0 Å². The number of rotatable bonds is 2. The van der Waals surface area contributed by atoms with E-state index >= 15 is 0 Å². The first-order valence-electron chi connectivity index (χ1n) is 6.41. The minimum absolute atomic E-state index is 0.761. The molecule has 1 aromatic heterocycles. The summed E-state index contributed by atoms with van der Waals surface area (Å²) in [6, 6.07) is 14.2. The Kier molecular flexibility index (Phi) is 2.75. The Hall–Kier alpha value is -2.29. The smallest absolute Gasteiger partial charge is 0.114 e. The van der Waals surface area contributed by atoms with Crippen molar-refractivity contribution in [1.82, 2.24) is 9.55 Å². The van der Waals surface area contributed by atoms with Gasteiger partial charge in [-0.25, -0.2) is 4.98 Å². The van der Waals surface area contributed by atoms with Crippen molar-refractivity contribution in [2.75, 3.05) is 5.73 Å². The molecule has 0 radical (unpaired) electrons. The fourth-order valence-electron chi connectivity index (χ4n) is 2.54. The largest absolute Gasteiger partial charge is 0.398 e. The average molecular weight is 251 g/mol. The molecule has 0 aliphatic rings. The summed E-state index contributed by atoms with van der Waals surface area (Å²) in [6.45, 7) is 2.12. The van der Waals surface area contributed by atoms with Gasteiger partial charge in [-0.15, -0.1) is 0 Å². The van der Waals surface area contributed by atoms with Crippen LogP contribution in [0.25, 0.3) is 11.0 Å². The Bertz CT molecular complexity index is 741. The monoisotopic (exact) mass is 251 g/mol. The maximum Gasteiger partial charge on any atom is 0.114 e. The zero-order valence-corrected chi connectivity index (χ0v) is 11.2. The predicted molar refractivity (Wildman–Crippen MR) is 79.1 cm³/mol. The van der Waals surface area contributed by atoms with Gasteiger partial charge in [-0.3, -0.25) is 0 Å². The zero-order valence-electron chi connectivity index (χ0n) is 11.2. The number of nitrogens with zero attached hydrogens (tertiary/aromatic N) is 2. The van der Waals surface area contributed by atoms with Gasteiger partial charge in [0.15, 0.2) is 0 Å². The van der Waals surface area contributed by atoms with Crippen LogP contribution in [0, 0.1) is 6.92 Å². The van der Waals surface area contributed by atoms with Gasteiger partial charge in [-0.1, -0.05) is 30.3 Å². The van der Waals surface area contributed by atoms with Crippen LogP contribution in [-0.2, 0) is 13.5 Å². The molecule has 0 spiro atoms. The third kappa shape index (κ3) is 1.97. The number of imidazole rings is 1. The number of fused-ring (bicyclic) bond motifs is 1. The standard InChI is InChI=1S/C16H17N3/c1-11-6-5-9-14-16(11)19(2)15(18-14)10-12-7-3-4-8-13(12)17/h3-9H,10,17H2,1-2H3. The lowest BCUT2D eigenvalue weighted by atomic mass is 10.1. The third-order valence-corrected chi connectivity index (χ3v) is 3.59. The highest BCUT2D eigenvalue weighted by molar-refractivity contribution is 5.79. The Balaban J connectivity index is 2.10. The van der Waals surface area contributed by atoms with Gasteiger partial charge in [0.1, 0.15) is 5.82 Å². The molecule has 3 nitrogen and oxygen atoms in total. The van der Waals surface area contributed by atoms with Gasteiger partial charge in [0.2, 0.25) is 0 Å². The highest BCUT2D eigenvalue weighted by atomic mass is 15.1. The molecule has 2 aromatic carbocycles. The molecule has 2 N–H and O–H groups in total. The van der Waals surface area contributed by atoms with Crippen LogP contribution < -0.4 is 5.73 Å². The molecule has 0 unspecified atom stereocenters. The fourth-order valence-corrected chi connectivity index (χ4v) is 2.54. The van der Waals surface area contributed by atoms with Gasteiger partial charge < -0.3 is 10.3 Å². The van der Waals surface area contributed by atoms with Gasteiger partial charge >= 0.3 is 0 Å². The molecule has 3 rings (SSSR count). The number of aromatic nitrogens is 2. The molecule has 19 heavy (non-hydrogen) atoms. The van der Waals surface area contributed by atoms with Gasteiger partial charge in [0.25, 0.3) is 0 Å². The highest BCUT2D eigenvalue weighted by Crippen LogP contribution is 2.22. The van der Waals surface area contributed by atoms with Crippen LogP contribution in [0.5, 0.6) is 0 Å². The lowest BCUT2D eigenvalue weighted by Gasteiger charge is -2.06. The molecule has 0 atom stereocenters. The maximum atomic E-state index is 6.01. The van der Waals surface area contributed by atoms with E-state index in [4.69, 9.17) is 10.7 Å². The van der Waals surface area contributed by atoms with Crippen molar-refractivity contribution in [1.29, 1.82) is 0 Å². The molecule has 0 aliphatic carbocycles. The highest BCUT2D eigenvalue weighted by Gasteiger charge is 2.10. The lowest BCUT2D eigenvalue weighted by molar-refractivity contribution is 0.843. The summed E-state index contributed by atoms with van der Waals surface area (Å²) >= 11 is 0. The van der Waals surface area contributed by atoms with E-state index in [0.29, 0.717) is 0 Å². The van der Waals surface area contributed by atoms with Crippen LogP contribution in [0.15, 0.2) is 42.5 Å². The van der Waals surface area contributed by atoms with E-state index in [9.17, 15) is 0 Å². The minimum atomic E-state index is 0.761. The molecule has 0 amide bonds. The van der Waals surface area contributed by atoms with Gasteiger partial charge in [-0.2, -0.15) is 0 Å². The van der Waals surface area contributed by atoms with Crippen molar-refractivity contribution in [3.8, 4) is 0 Å². The summed E-state index contributed by atoms with van der Waals surface area (Å²) in [5, 5.41) is 0. The van der Waals surface area contributed by atoms with E-state index in [1.165, 1.54) is 11.1 Å². The molecule has 0 bridgehead atoms. The first-order chi connectivity index (χ1) is 9.16. The number of para-hydroxylation sites is 2. The topological polar surface area (TPSA) is 43.8 Å². The number of anilines is 1. The lowest BCUT2D eigenvalue weighted by Crippen LogP contribution is -2.02. The third-order valence-electron chi connectivity index (χ3n) is 3.59. The van der Waals surface area contributed by atoms with Gasteiger partial charge in [-0.05, 0) is 30.2 Å². The SMILES string of the molecule is Cc1cccc2nc(Cc3ccccc3N)n(C)c12. The molecular formula is C16H17N3. The minimum Gasteiger partial charge on any atom is -0.398 e. The molecule has 1 heterocycles. The van der Waals surface area contributed by atoms with E-state index < -0.39 is 0 Å². The maximum absolute atomic E-state index is 6.01. The van der Waals surface area contributed by atoms with Crippen LogP contribution in [0.4, 0.5) is 5.69 Å². The normalized spacial score (nSPS) is 11.1. The Morgan fingerprint density at radius 3 is 2.63 bits per heavy atom. The van der Waals surface area contributed by atoms with Crippen LogP contribution in [0.1, 0.15) is 17.0 Å². The average Bonchev–Trinajstić information content (AvgIpc) is 2.71. The van der Waals surface area contributed by atoms with Crippen molar-refractivity contribution in [2.45, 2.75) is 13.3 Å². The number of nitrogens with two attached hydrogens (primary N) is 1. The second-order valence-electron chi connectivity index (χ2n) is 4.91. The van der Waals surface area contributed by atoms with Gasteiger partial charge in [0, 0.05) is 19.2 Å². The molecule has 96 valence electrons. The molecule has 3 heteroatoms. The van der Waals surface area contributed by atoms with E-state index in [1.807, 2.05) is 24.3 Å². The number of hydrogen-bond acceptors (Lipinski definition) is 2. The Labute approximate surface area is 112 Å². The van der Waals surface area contributed by atoms with Crippen molar-refractivity contribution < 1.29 is 0 Å². The molecule has 0 saturated carbocycles. The predicted octanol–water partition coefficient (Wildman–Crippen LogP) is 3.05. The fraction of sp³-hybridized carbons (Fsp3) is 0.188. The van der Waals surface area contributed by atoms with E-state index in [2.05, 4.69) is 36.7 Å². The summed E-state index contributed by atoms with van der Waals surface area (Å²) in [5.74, 6) is 1.04. The van der Waals surface area contributed by atoms with Crippen molar-refractivity contribution in [3.05, 3.63) is 59.4 Å².